The lowest BCUT2D eigenvalue weighted by atomic mass is 9.99. The average Bonchev–Trinajstić information content (AvgIpc) is 3.01. The van der Waals surface area contributed by atoms with E-state index in [-0.39, 0.29) is 0 Å². The Balaban J connectivity index is 1.65. The zero-order valence-corrected chi connectivity index (χ0v) is 13.0. The topological polar surface area (TPSA) is 65.2 Å². The number of nitrogens with zero attached hydrogens (tertiary/aromatic N) is 5. The molecule has 2 aliphatic rings. The molecule has 6 nitrogen and oxygen atoms in total. The molecule has 118 valence electrons. The summed E-state index contributed by atoms with van der Waals surface area (Å²) in [6.45, 7) is 5.78. The number of aliphatic imine (C=N–C) groups is 1. The minimum Gasteiger partial charge on any atom is -0.381 e. The van der Waals surface area contributed by atoms with Gasteiger partial charge in [-0.05, 0) is 24.5 Å². The normalized spacial score (nSPS) is 18.6. The second-order valence-corrected chi connectivity index (χ2v) is 5.97. The summed E-state index contributed by atoms with van der Waals surface area (Å²) in [5, 5.41) is 4.58. The Labute approximate surface area is 134 Å². The molecule has 0 aromatic carbocycles. The molecule has 4 heterocycles. The standard InChI is InChI=1S/C17H19N5O/c1-12-9-13(10-16-18-5-2-6-19-16)21-17-15(12)11-20-22(17)14-3-7-23-8-4-14/h2,5-6,11,14H,1,3-4,7-10H2. The first-order valence-corrected chi connectivity index (χ1v) is 7.97. The number of rotatable bonds is 3. The maximum Gasteiger partial charge on any atom is 0.158 e. The molecule has 0 unspecified atom stereocenters. The van der Waals surface area contributed by atoms with Gasteiger partial charge in [0.1, 0.15) is 5.82 Å². The summed E-state index contributed by atoms with van der Waals surface area (Å²) in [4.78, 5) is 13.4. The van der Waals surface area contributed by atoms with E-state index in [9.17, 15) is 0 Å². The largest absolute Gasteiger partial charge is 0.381 e. The molecule has 2 aliphatic heterocycles. The first-order valence-electron chi connectivity index (χ1n) is 7.97. The Morgan fingerprint density at radius 3 is 2.78 bits per heavy atom. The van der Waals surface area contributed by atoms with Crippen LogP contribution in [0.3, 0.4) is 0 Å². The van der Waals surface area contributed by atoms with Crippen molar-refractivity contribution in [3.63, 3.8) is 0 Å². The minimum absolute atomic E-state index is 0.358. The Morgan fingerprint density at radius 2 is 2.00 bits per heavy atom. The van der Waals surface area contributed by atoms with Crippen LogP contribution in [0.1, 0.15) is 36.7 Å². The molecule has 1 fully saturated rings. The smallest absolute Gasteiger partial charge is 0.158 e. The maximum absolute atomic E-state index is 5.45. The van der Waals surface area contributed by atoms with Crippen molar-refractivity contribution in [1.29, 1.82) is 0 Å². The van der Waals surface area contributed by atoms with Crippen LogP contribution in [0, 0.1) is 0 Å². The quantitative estimate of drug-likeness (QED) is 0.874. The number of fused-ring (bicyclic) bond motifs is 1. The van der Waals surface area contributed by atoms with Crippen molar-refractivity contribution in [2.45, 2.75) is 31.7 Å². The predicted molar refractivity (Wildman–Crippen MR) is 87.8 cm³/mol. The van der Waals surface area contributed by atoms with Gasteiger partial charge in [-0.1, -0.05) is 6.58 Å². The molecule has 6 heteroatoms. The molecule has 23 heavy (non-hydrogen) atoms. The van der Waals surface area contributed by atoms with Gasteiger partial charge in [-0.15, -0.1) is 0 Å². The number of aromatic nitrogens is 4. The number of allylic oxidation sites excluding steroid dienone is 1. The highest BCUT2D eigenvalue weighted by molar-refractivity contribution is 6.00. The fourth-order valence-electron chi connectivity index (χ4n) is 3.15. The van der Waals surface area contributed by atoms with E-state index in [1.54, 1.807) is 12.4 Å². The molecule has 4 rings (SSSR count). The van der Waals surface area contributed by atoms with Crippen molar-refractivity contribution in [2.24, 2.45) is 4.99 Å². The lowest BCUT2D eigenvalue weighted by Crippen LogP contribution is -2.21. The predicted octanol–water partition coefficient (Wildman–Crippen LogP) is 2.76. The third-order valence-electron chi connectivity index (χ3n) is 4.35. The van der Waals surface area contributed by atoms with Crippen LogP contribution in [-0.2, 0) is 11.2 Å². The summed E-state index contributed by atoms with van der Waals surface area (Å²) in [5.74, 6) is 1.72. The third kappa shape index (κ3) is 2.82. The van der Waals surface area contributed by atoms with E-state index in [0.29, 0.717) is 12.5 Å². The van der Waals surface area contributed by atoms with Crippen molar-refractivity contribution in [3.8, 4) is 0 Å². The van der Waals surface area contributed by atoms with E-state index in [2.05, 4.69) is 21.6 Å². The van der Waals surface area contributed by atoms with Gasteiger partial charge in [0.2, 0.25) is 0 Å². The van der Waals surface area contributed by atoms with Crippen molar-refractivity contribution in [3.05, 3.63) is 42.6 Å². The lowest BCUT2D eigenvalue weighted by Gasteiger charge is -2.24. The molecule has 0 N–H and O–H groups in total. The van der Waals surface area contributed by atoms with Gasteiger partial charge < -0.3 is 4.74 Å². The summed E-state index contributed by atoms with van der Waals surface area (Å²) in [5.41, 5.74) is 3.18. The van der Waals surface area contributed by atoms with Gasteiger partial charge in [0, 0.05) is 49.7 Å². The SMILES string of the molecule is C=C1CC(Cc2ncccn2)=Nc2c1cnn2C1CCOCC1. The highest BCUT2D eigenvalue weighted by Crippen LogP contribution is 2.36. The summed E-state index contributed by atoms with van der Waals surface area (Å²) >= 11 is 0. The van der Waals surface area contributed by atoms with Gasteiger partial charge in [0.15, 0.2) is 5.82 Å². The highest BCUT2D eigenvalue weighted by Gasteiger charge is 2.25. The number of ether oxygens (including phenoxy) is 1. The van der Waals surface area contributed by atoms with E-state index < -0.39 is 0 Å². The Kier molecular flexibility index (Phi) is 3.75. The Morgan fingerprint density at radius 1 is 1.22 bits per heavy atom. The van der Waals surface area contributed by atoms with Crippen LogP contribution in [0.5, 0.6) is 0 Å². The summed E-state index contributed by atoms with van der Waals surface area (Å²) < 4.78 is 7.50. The molecule has 0 amide bonds. The van der Waals surface area contributed by atoms with Gasteiger partial charge in [-0.2, -0.15) is 5.10 Å². The highest BCUT2D eigenvalue weighted by atomic mass is 16.5. The van der Waals surface area contributed by atoms with Crippen LogP contribution >= 0.6 is 0 Å². The van der Waals surface area contributed by atoms with Crippen LogP contribution in [-0.4, -0.2) is 38.7 Å². The van der Waals surface area contributed by atoms with Crippen LogP contribution in [0.15, 0.2) is 36.2 Å². The molecular formula is C17H19N5O. The Bertz CT molecular complexity index is 744. The maximum atomic E-state index is 5.45. The molecular weight excluding hydrogens is 290 g/mol. The molecule has 0 atom stereocenters. The monoisotopic (exact) mass is 309 g/mol. The first-order chi connectivity index (χ1) is 11.3. The van der Waals surface area contributed by atoms with Crippen LogP contribution in [0.4, 0.5) is 5.82 Å². The van der Waals surface area contributed by atoms with E-state index in [0.717, 1.165) is 61.0 Å². The van der Waals surface area contributed by atoms with Crippen molar-refractivity contribution in [2.75, 3.05) is 13.2 Å². The first kappa shape index (κ1) is 14.3. The molecule has 0 bridgehead atoms. The Hall–Kier alpha value is -2.34. The van der Waals surface area contributed by atoms with Crippen molar-refractivity contribution in [1.82, 2.24) is 19.7 Å². The second-order valence-electron chi connectivity index (χ2n) is 5.97. The van der Waals surface area contributed by atoms with Gasteiger partial charge in [0.05, 0.1) is 12.2 Å². The molecule has 2 aromatic rings. The summed E-state index contributed by atoms with van der Waals surface area (Å²) in [6, 6.07) is 2.18. The van der Waals surface area contributed by atoms with Crippen LogP contribution in [0.25, 0.3) is 5.57 Å². The zero-order chi connectivity index (χ0) is 15.6. The van der Waals surface area contributed by atoms with Crippen LogP contribution in [0.2, 0.25) is 0 Å². The average molecular weight is 309 g/mol. The number of hydrogen-bond acceptors (Lipinski definition) is 5. The van der Waals surface area contributed by atoms with Crippen molar-refractivity contribution >= 4 is 17.1 Å². The minimum atomic E-state index is 0.358. The van der Waals surface area contributed by atoms with Crippen LogP contribution < -0.4 is 0 Å². The summed E-state index contributed by atoms with van der Waals surface area (Å²) in [7, 11) is 0. The molecule has 0 spiro atoms. The number of hydrogen-bond donors (Lipinski definition) is 0. The van der Waals surface area contributed by atoms with Gasteiger partial charge in [0.25, 0.3) is 0 Å². The van der Waals surface area contributed by atoms with Gasteiger partial charge in [-0.3, -0.25) is 0 Å². The summed E-state index contributed by atoms with van der Waals surface area (Å²) in [6.07, 6.45) is 8.78. The fraction of sp³-hybridized carbons (Fsp3) is 0.412. The second kappa shape index (κ2) is 6.04. The van der Waals surface area contributed by atoms with Gasteiger partial charge in [-0.25, -0.2) is 19.6 Å². The van der Waals surface area contributed by atoms with E-state index in [1.807, 2.05) is 16.9 Å². The third-order valence-corrected chi connectivity index (χ3v) is 4.35. The zero-order valence-electron chi connectivity index (χ0n) is 13.0. The van der Waals surface area contributed by atoms with E-state index >= 15 is 0 Å². The molecule has 0 aliphatic carbocycles. The van der Waals surface area contributed by atoms with Gasteiger partial charge >= 0.3 is 0 Å². The van der Waals surface area contributed by atoms with Crippen molar-refractivity contribution < 1.29 is 4.74 Å². The molecule has 1 saturated heterocycles. The fourth-order valence-corrected chi connectivity index (χ4v) is 3.15. The molecule has 0 saturated carbocycles. The molecule has 0 radical (unpaired) electrons. The van der Waals surface area contributed by atoms with E-state index in [4.69, 9.17) is 9.73 Å². The lowest BCUT2D eigenvalue weighted by molar-refractivity contribution is 0.0667. The molecule has 2 aromatic heterocycles. The van der Waals surface area contributed by atoms with E-state index in [1.165, 1.54) is 0 Å².